The molecule has 3 aromatic rings. The number of ether oxygens (including phenoxy) is 1. The van der Waals surface area contributed by atoms with Crippen molar-refractivity contribution >= 4 is 16.9 Å². The summed E-state index contributed by atoms with van der Waals surface area (Å²) in [5.41, 5.74) is 2.35. The first-order valence-corrected chi connectivity index (χ1v) is 8.14. The lowest BCUT2D eigenvalue weighted by atomic mass is 10.1. The van der Waals surface area contributed by atoms with E-state index in [1.165, 1.54) is 0 Å². The molecule has 1 aliphatic carbocycles. The Hall–Kier alpha value is -3.08. The van der Waals surface area contributed by atoms with Gasteiger partial charge in [-0.25, -0.2) is 4.79 Å². The molecule has 0 saturated carbocycles. The highest BCUT2D eigenvalue weighted by Gasteiger charge is 2.20. The van der Waals surface area contributed by atoms with Gasteiger partial charge in [0.15, 0.2) is 6.10 Å². The fraction of sp³-hybridized carbons (Fsp3) is 0.200. The minimum Gasteiger partial charge on any atom is -0.546 e. The maximum Gasteiger partial charge on any atom is 0.339 e. The Balaban J connectivity index is 1.73. The van der Waals surface area contributed by atoms with Gasteiger partial charge in [0, 0.05) is 17.0 Å². The van der Waals surface area contributed by atoms with E-state index in [1.807, 2.05) is 6.07 Å². The number of hydrogen-bond donors (Lipinski definition) is 0. The fourth-order valence-corrected chi connectivity index (χ4v) is 3.35. The molecule has 1 atom stereocenters. The predicted molar refractivity (Wildman–Crippen MR) is 89.3 cm³/mol. The first-order valence-electron chi connectivity index (χ1n) is 8.14. The van der Waals surface area contributed by atoms with Crippen molar-refractivity contribution in [3.63, 3.8) is 0 Å². The summed E-state index contributed by atoms with van der Waals surface area (Å²) in [6.07, 6.45) is 1.30. The van der Waals surface area contributed by atoms with E-state index in [1.54, 1.807) is 42.5 Å². The summed E-state index contributed by atoms with van der Waals surface area (Å²) in [6, 6.07) is 13.7. The van der Waals surface area contributed by atoms with Crippen LogP contribution in [0.4, 0.5) is 0 Å². The van der Waals surface area contributed by atoms with Crippen LogP contribution in [0, 0.1) is 0 Å². The lowest BCUT2D eigenvalue weighted by Crippen LogP contribution is -2.33. The van der Waals surface area contributed by atoms with E-state index >= 15 is 0 Å². The Morgan fingerprint density at radius 1 is 1.08 bits per heavy atom. The van der Waals surface area contributed by atoms with Gasteiger partial charge in [-0.15, -0.1) is 0 Å². The van der Waals surface area contributed by atoms with Gasteiger partial charge >= 0.3 is 5.63 Å². The molecule has 1 aliphatic rings. The van der Waals surface area contributed by atoms with Gasteiger partial charge in [0.2, 0.25) is 0 Å². The average Bonchev–Trinajstić information content (AvgIpc) is 3.10. The van der Waals surface area contributed by atoms with Crippen molar-refractivity contribution in [2.45, 2.75) is 25.4 Å². The largest absolute Gasteiger partial charge is 0.546 e. The highest BCUT2D eigenvalue weighted by atomic mass is 16.5. The molecule has 0 amide bonds. The van der Waals surface area contributed by atoms with E-state index < -0.39 is 12.1 Å². The molecule has 0 aliphatic heterocycles. The van der Waals surface area contributed by atoms with E-state index in [0.717, 1.165) is 35.8 Å². The molecule has 5 nitrogen and oxygen atoms in total. The van der Waals surface area contributed by atoms with Crippen LogP contribution in [0.3, 0.4) is 0 Å². The quantitative estimate of drug-likeness (QED) is 0.683. The predicted octanol–water partition coefficient (Wildman–Crippen LogP) is 2.15. The van der Waals surface area contributed by atoms with E-state index in [9.17, 15) is 14.7 Å². The van der Waals surface area contributed by atoms with E-state index in [4.69, 9.17) is 9.15 Å². The van der Waals surface area contributed by atoms with Gasteiger partial charge in [-0.05, 0) is 42.5 Å². The van der Waals surface area contributed by atoms with Crippen molar-refractivity contribution in [3.8, 4) is 5.75 Å². The summed E-state index contributed by atoms with van der Waals surface area (Å²) in [5, 5.41) is 12.3. The maximum absolute atomic E-state index is 12.1. The summed E-state index contributed by atoms with van der Waals surface area (Å²) in [7, 11) is 0. The van der Waals surface area contributed by atoms with Gasteiger partial charge in [0.25, 0.3) is 0 Å². The van der Waals surface area contributed by atoms with Gasteiger partial charge < -0.3 is 19.1 Å². The molecule has 0 radical (unpaired) electrons. The Kier molecular flexibility index (Phi) is 3.76. The Morgan fingerprint density at radius 3 is 2.60 bits per heavy atom. The molecule has 4 rings (SSSR count). The Labute approximate surface area is 143 Å². The number of rotatable bonds is 4. The molecule has 5 heteroatoms. The van der Waals surface area contributed by atoms with Crippen LogP contribution in [0.15, 0.2) is 57.7 Å². The Morgan fingerprint density at radius 2 is 1.84 bits per heavy atom. The molecular weight excluding hydrogens is 320 g/mol. The zero-order valence-electron chi connectivity index (χ0n) is 13.4. The van der Waals surface area contributed by atoms with Gasteiger partial charge in [0.1, 0.15) is 11.3 Å². The number of carbonyl (C=O) groups excluding carboxylic acids is 1. The third kappa shape index (κ3) is 2.78. The van der Waals surface area contributed by atoms with Crippen LogP contribution in [-0.4, -0.2) is 5.97 Å². The second kappa shape index (κ2) is 6.09. The standard InChI is InChI=1S/C20H16O5/c21-19(22)18(12-5-2-1-3-6-12)24-13-9-10-15-14-7-4-8-16(14)20(23)25-17(15)11-13/h1-3,5-6,9-11,18H,4,7-8H2,(H,21,22)/p-1/t18-/m1/s1. The highest BCUT2D eigenvalue weighted by molar-refractivity contribution is 5.83. The summed E-state index contributed by atoms with van der Waals surface area (Å²) < 4.78 is 11.0. The smallest absolute Gasteiger partial charge is 0.339 e. The zero-order valence-corrected chi connectivity index (χ0v) is 13.4. The molecule has 0 fully saturated rings. The van der Waals surface area contributed by atoms with Gasteiger partial charge in [-0.2, -0.15) is 0 Å². The summed E-state index contributed by atoms with van der Waals surface area (Å²) in [5.74, 6) is -1.02. The number of carboxylic acid groups (broad SMARTS) is 1. The number of fused-ring (bicyclic) bond motifs is 3. The minimum absolute atomic E-state index is 0.312. The molecule has 25 heavy (non-hydrogen) atoms. The van der Waals surface area contributed by atoms with Crippen LogP contribution in [0.2, 0.25) is 0 Å². The molecule has 2 aromatic carbocycles. The van der Waals surface area contributed by atoms with Crippen molar-refractivity contribution in [1.82, 2.24) is 0 Å². The monoisotopic (exact) mass is 335 g/mol. The fourth-order valence-electron chi connectivity index (χ4n) is 3.35. The average molecular weight is 335 g/mol. The number of carbonyl (C=O) groups is 1. The number of hydrogen-bond acceptors (Lipinski definition) is 5. The van der Waals surface area contributed by atoms with E-state index in [-0.39, 0.29) is 5.63 Å². The zero-order chi connectivity index (χ0) is 17.4. The molecule has 0 saturated heterocycles. The molecule has 0 N–H and O–H groups in total. The maximum atomic E-state index is 12.1. The second-order valence-corrected chi connectivity index (χ2v) is 6.09. The molecule has 0 spiro atoms. The molecule has 0 unspecified atom stereocenters. The van der Waals surface area contributed by atoms with Crippen molar-refractivity contribution < 1.29 is 19.1 Å². The van der Waals surface area contributed by atoms with E-state index in [2.05, 4.69) is 0 Å². The minimum atomic E-state index is -1.33. The van der Waals surface area contributed by atoms with Crippen LogP contribution in [0.5, 0.6) is 5.75 Å². The van der Waals surface area contributed by atoms with Crippen molar-refractivity contribution in [2.24, 2.45) is 0 Å². The topological polar surface area (TPSA) is 79.6 Å². The summed E-state index contributed by atoms with van der Waals surface area (Å²) >= 11 is 0. The SMILES string of the molecule is O=C([O-])[C@H](Oc1ccc2c3c(c(=O)oc2c1)CCC3)c1ccccc1. The van der Waals surface area contributed by atoms with Gasteiger partial charge in [0.05, 0.1) is 5.97 Å². The first kappa shape index (κ1) is 15.4. The third-order valence-electron chi connectivity index (χ3n) is 4.52. The molecule has 1 heterocycles. The van der Waals surface area contributed by atoms with Crippen LogP contribution < -0.4 is 15.5 Å². The van der Waals surface area contributed by atoms with Crippen molar-refractivity contribution in [3.05, 3.63) is 75.6 Å². The summed E-state index contributed by atoms with van der Waals surface area (Å²) in [4.78, 5) is 23.5. The lowest BCUT2D eigenvalue weighted by molar-refractivity contribution is -0.314. The second-order valence-electron chi connectivity index (χ2n) is 6.09. The van der Waals surface area contributed by atoms with Gasteiger partial charge in [-0.1, -0.05) is 30.3 Å². The first-order chi connectivity index (χ1) is 12.1. The van der Waals surface area contributed by atoms with E-state index in [0.29, 0.717) is 16.9 Å². The number of benzene rings is 2. The molecule has 126 valence electrons. The molecule has 0 bridgehead atoms. The molecule has 1 aromatic heterocycles. The number of aryl methyl sites for hydroxylation is 1. The van der Waals surface area contributed by atoms with Crippen LogP contribution in [0.1, 0.15) is 29.2 Å². The summed E-state index contributed by atoms with van der Waals surface area (Å²) in [6.45, 7) is 0. The number of aliphatic carboxylic acids is 1. The number of carboxylic acids is 1. The normalized spacial score (nSPS) is 14.2. The highest BCUT2D eigenvalue weighted by Crippen LogP contribution is 2.31. The van der Waals surface area contributed by atoms with Crippen LogP contribution in [-0.2, 0) is 17.6 Å². The third-order valence-corrected chi connectivity index (χ3v) is 4.52. The van der Waals surface area contributed by atoms with Crippen molar-refractivity contribution in [1.29, 1.82) is 0 Å². The Bertz CT molecular complexity index is 1000. The van der Waals surface area contributed by atoms with Gasteiger partial charge in [-0.3, -0.25) is 0 Å². The van der Waals surface area contributed by atoms with Crippen LogP contribution in [0.25, 0.3) is 11.0 Å². The molecular formula is C20H15O5-. The lowest BCUT2D eigenvalue weighted by Gasteiger charge is -2.20. The van der Waals surface area contributed by atoms with Crippen molar-refractivity contribution in [2.75, 3.05) is 0 Å². The van der Waals surface area contributed by atoms with Crippen LogP contribution >= 0.6 is 0 Å².